The van der Waals surface area contributed by atoms with Crippen LogP contribution in [0.2, 0.25) is 5.02 Å². The molecule has 1 aromatic rings. The number of carbonyl (C=O) groups is 1. The van der Waals surface area contributed by atoms with Gasteiger partial charge in [-0.15, -0.1) is 6.42 Å². The summed E-state index contributed by atoms with van der Waals surface area (Å²) in [5.74, 6) is 1.99. The number of Topliss-reactive ketones (excluding diaryl/α,β-unsaturated/α-hetero) is 1. The van der Waals surface area contributed by atoms with Gasteiger partial charge in [0.05, 0.1) is 0 Å². The van der Waals surface area contributed by atoms with E-state index in [1.54, 1.807) is 0 Å². The van der Waals surface area contributed by atoms with E-state index >= 15 is 0 Å². The Morgan fingerprint density at radius 1 is 1.47 bits per heavy atom. The maximum Gasteiger partial charge on any atom is 0.208 e. The molecular formula is C13H13ClO. The predicted molar refractivity (Wildman–Crippen MR) is 62.8 cm³/mol. The molecule has 0 amide bonds. The standard InChI is InChI=1S/C13H13ClO/c1-3-11(13(15)4-2)9-10-5-7-12(14)8-6-10/h2,5-8,11H,3,9H2,1H3/t11-/m1/s1. The second-order valence-corrected chi connectivity index (χ2v) is 3.88. The molecular weight excluding hydrogens is 208 g/mol. The molecule has 0 bridgehead atoms. The van der Waals surface area contributed by atoms with Crippen molar-refractivity contribution in [3.63, 3.8) is 0 Å². The highest BCUT2D eigenvalue weighted by Gasteiger charge is 2.14. The fourth-order valence-electron chi connectivity index (χ4n) is 1.45. The first kappa shape index (κ1) is 11.8. The summed E-state index contributed by atoms with van der Waals surface area (Å²) in [6.07, 6.45) is 6.57. The summed E-state index contributed by atoms with van der Waals surface area (Å²) in [5, 5.41) is 0.704. The Balaban J connectivity index is 2.72. The van der Waals surface area contributed by atoms with Gasteiger partial charge in [-0.1, -0.05) is 30.7 Å². The van der Waals surface area contributed by atoms with E-state index < -0.39 is 0 Å². The molecule has 0 aliphatic carbocycles. The van der Waals surface area contributed by atoms with Gasteiger partial charge in [-0.3, -0.25) is 4.79 Å². The van der Waals surface area contributed by atoms with E-state index in [9.17, 15) is 4.79 Å². The lowest BCUT2D eigenvalue weighted by Crippen LogP contribution is -2.14. The Bertz CT molecular complexity index is 373. The third-order valence-electron chi connectivity index (χ3n) is 2.40. The van der Waals surface area contributed by atoms with E-state index in [0.717, 1.165) is 12.0 Å². The zero-order chi connectivity index (χ0) is 11.3. The Hall–Kier alpha value is -1.26. The van der Waals surface area contributed by atoms with Crippen LogP contribution >= 0.6 is 11.6 Å². The Kier molecular flexibility index (Phi) is 4.39. The number of benzene rings is 1. The molecule has 2 heteroatoms. The molecule has 0 aliphatic heterocycles. The molecule has 1 atom stereocenters. The minimum atomic E-state index is -0.118. The molecule has 1 rings (SSSR count). The van der Waals surface area contributed by atoms with Crippen LogP contribution in [0.15, 0.2) is 24.3 Å². The number of halogens is 1. The molecule has 0 aliphatic rings. The van der Waals surface area contributed by atoms with Crippen LogP contribution in [0.5, 0.6) is 0 Å². The predicted octanol–water partition coefficient (Wildman–Crippen LogP) is 3.11. The molecule has 1 aromatic carbocycles. The van der Waals surface area contributed by atoms with E-state index in [2.05, 4.69) is 5.92 Å². The van der Waals surface area contributed by atoms with Crippen molar-refractivity contribution in [3.05, 3.63) is 34.9 Å². The molecule has 15 heavy (non-hydrogen) atoms. The van der Waals surface area contributed by atoms with Crippen molar-refractivity contribution < 1.29 is 4.79 Å². The van der Waals surface area contributed by atoms with Gasteiger partial charge in [-0.2, -0.15) is 0 Å². The smallest absolute Gasteiger partial charge is 0.208 e. The fourth-order valence-corrected chi connectivity index (χ4v) is 1.57. The van der Waals surface area contributed by atoms with Crippen LogP contribution in [0.4, 0.5) is 0 Å². The SMILES string of the molecule is C#CC(=O)[C@H](CC)Cc1ccc(Cl)cc1. The topological polar surface area (TPSA) is 17.1 Å². The van der Waals surface area contributed by atoms with Gasteiger partial charge in [0.25, 0.3) is 0 Å². The zero-order valence-electron chi connectivity index (χ0n) is 8.66. The molecule has 0 saturated carbocycles. The quantitative estimate of drug-likeness (QED) is 0.563. The first-order chi connectivity index (χ1) is 7.17. The molecule has 0 spiro atoms. The lowest BCUT2D eigenvalue weighted by Gasteiger charge is -2.09. The molecule has 78 valence electrons. The summed E-state index contributed by atoms with van der Waals surface area (Å²) in [4.78, 5) is 11.4. The van der Waals surface area contributed by atoms with Crippen molar-refractivity contribution in [1.82, 2.24) is 0 Å². The van der Waals surface area contributed by atoms with Crippen LogP contribution in [-0.4, -0.2) is 5.78 Å². The molecule has 1 nitrogen and oxygen atoms in total. The van der Waals surface area contributed by atoms with Crippen LogP contribution in [0.25, 0.3) is 0 Å². The third-order valence-corrected chi connectivity index (χ3v) is 2.65. The van der Waals surface area contributed by atoms with Crippen LogP contribution in [0.3, 0.4) is 0 Å². The first-order valence-corrected chi connectivity index (χ1v) is 5.30. The highest BCUT2D eigenvalue weighted by atomic mass is 35.5. The highest BCUT2D eigenvalue weighted by Crippen LogP contribution is 2.15. The molecule has 0 N–H and O–H groups in total. The molecule has 0 fully saturated rings. The monoisotopic (exact) mass is 220 g/mol. The fraction of sp³-hybridized carbons (Fsp3) is 0.308. The largest absolute Gasteiger partial charge is 0.285 e. The average molecular weight is 221 g/mol. The average Bonchev–Trinajstić information content (AvgIpc) is 2.27. The van der Waals surface area contributed by atoms with Crippen LogP contribution in [0.1, 0.15) is 18.9 Å². The first-order valence-electron chi connectivity index (χ1n) is 4.92. The Morgan fingerprint density at radius 3 is 2.53 bits per heavy atom. The van der Waals surface area contributed by atoms with Crippen LogP contribution in [-0.2, 0) is 11.2 Å². The second-order valence-electron chi connectivity index (χ2n) is 3.44. The Labute approximate surface area is 95.5 Å². The lowest BCUT2D eigenvalue weighted by atomic mass is 9.93. The van der Waals surface area contributed by atoms with Crippen LogP contribution < -0.4 is 0 Å². The minimum absolute atomic E-state index is 0.0730. The van der Waals surface area contributed by atoms with Gasteiger partial charge < -0.3 is 0 Å². The summed E-state index contributed by atoms with van der Waals surface area (Å²) in [6, 6.07) is 7.50. The normalized spacial score (nSPS) is 11.8. The third kappa shape index (κ3) is 3.42. The number of ketones is 1. The van der Waals surface area contributed by atoms with Crippen molar-refractivity contribution >= 4 is 17.4 Å². The summed E-state index contributed by atoms with van der Waals surface area (Å²) in [5.41, 5.74) is 1.09. The summed E-state index contributed by atoms with van der Waals surface area (Å²) < 4.78 is 0. The zero-order valence-corrected chi connectivity index (χ0v) is 9.42. The van der Waals surface area contributed by atoms with E-state index in [-0.39, 0.29) is 11.7 Å². The number of rotatable bonds is 4. The van der Waals surface area contributed by atoms with E-state index in [1.807, 2.05) is 31.2 Å². The maximum atomic E-state index is 11.4. The molecule has 0 heterocycles. The van der Waals surface area contributed by atoms with E-state index in [0.29, 0.717) is 11.4 Å². The maximum absolute atomic E-state index is 11.4. The van der Waals surface area contributed by atoms with Gasteiger partial charge in [0.1, 0.15) is 0 Å². The van der Waals surface area contributed by atoms with Gasteiger partial charge in [0.2, 0.25) is 5.78 Å². The van der Waals surface area contributed by atoms with Crippen molar-refractivity contribution in [2.24, 2.45) is 5.92 Å². The molecule has 0 radical (unpaired) electrons. The van der Waals surface area contributed by atoms with Crippen molar-refractivity contribution in [2.75, 3.05) is 0 Å². The highest BCUT2D eigenvalue weighted by molar-refractivity contribution is 6.30. The summed E-state index contributed by atoms with van der Waals surface area (Å²) in [7, 11) is 0. The second kappa shape index (κ2) is 5.58. The summed E-state index contributed by atoms with van der Waals surface area (Å²) in [6.45, 7) is 1.97. The summed E-state index contributed by atoms with van der Waals surface area (Å²) >= 11 is 5.77. The number of hydrogen-bond donors (Lipinski definition) is 0. The Morgan fingerprint density at radius 2 is 2.07 bits per heavy atom. The van der Waals surface area contributed by atoms with Gasteiger partial charge in [0, 0.05) is 10.9 Å². The van der Waals surface area contributed by atoms with Gasteiger partial charge >= 0.3 is 0 Å². The lowest BCUT2D eigenvalue weighted by molar-refractivity contribution is -0.117. The van der Waals surface area contributed by atoms with Crippen molar-refractivity contribution in [2.45, 2.75) is 19.8 Å². The van der Waals surface area contributed by atoms with Gasteiger partial charge in [-0.25, -0.2) is 0 Å². The number of carbonyl (C=O) groups excluding carboxylic acids is 1. The number of terminal acetylenes is 1. The van der Waals surface area contributed by atoms with E-state index in [1.165, 1.54) is 0 Å². The molecule has 0 saturated heterocycles. The van der Waals surface area contributed by atoms with Crippen molar-refractivity contribution in [3.8, 4) is 12.3 Å². The molecule has 0 aromatic heterocycles. The van der Waals surface area contributed by atoms with Gasteiger partial charge in [-0.05, 0) is 36.5 Å². The van der Waals surface area contributed by atoms with Gasteiger partial charge in [0.15, 0.2) is 0 Å². The number of hydrogen-bond acceptors (Lipinski definition) is 1. The van der Waals surface area contributed by atoms with E-state index in [4.69, 9.17) is 18.0 Å². The van der Waals surface area contributed by atoms with Crippen molar-refractivity contribution in [1.29, 1.82) is 0 Å². The molecule has 0 unspecified atom stereocenters. The van der Waals surface area contributed by atoms with Crippen LogP contribution in [0, 0.1) is 18.3 Å². The minimum Gasteiger partial charge on any atom is -0.285 e.